The van der Waals surface area contributed by atoms with Crippen molar-refractivity contribution in [1.82, 2.24) is 20.2 Å². The van der Waals surface area contributed by atoms with Crippen LogP contribution in [-0.4, -0.2) is 34.6 Å². The van der Waals surface area contributed by atoms with Gasteiger partial charge in [0.15, 0.2) is 0 Å². The Morgan fingerprint density at radius 1 is 1.39 bits per heavy atom. The molecule has 1 saturated heterocycles. The van der Waals surface area contributed by atoms with Gasteiger partial charge in [0.1, 0.15) is 0 Å². The lowest BCUT2D eigenvalue weighted by Gasteiger charge is -2.23. The molecule has 2 heterocycles. The summed E-state index contributed by atoms with van der Waals surface area (Å²) in [5, 5.41) is 6.85. The summed E-state index contributed by atoms with van der Waals surface area (Å²) >= 11 is 3.36. The maximum absolute atomic E-state index is 12.4. The zero-order valence-electron chi connectivity index (χ0n) is 12.7. The predicted octanol–water partition coefficient (Wildman–Crippen LogP) is 1.42. The largest absolute Gasteiger partial charge is 0.353 e. The standard InChI is InChI=1S/C16H19BrN4O2/c17-11-1-2-14-13(9-11)16(23)21(10-19-14)8-5-15(22)20-12-3-6-18-7-4-12/h1-2,9-10,12,18H,3-8H2,(H,20,22). The smallest absolute Gasteiger partial charge is 0.261 e. The predicted molar refractivity (Wildman–Crippen MR) is 92.4 cm³/mol. The summed E-state index contributed by atoms with van der Waals surface area (Å²) in [4.78, 5) is 28.8. The molecule has 1 aromatic carbocycles. The first-order chi connectivity index (χ1) is 11.1. The number of piperidine rings is 1. The van der Waals surface area contributed by atoms with Crippen molar-refractivity contribution in [3.8, 4) is 0 Å². The molecule has 1 aliphatic rings. The molecule has 2 aromatic rings. The molecule has 1 aliphatic heterocycles. The summed E-state index contributed by atoms with van der Waals surface area (Å²) < 4.78 is 2.34. The van der Waals surface area contributed by atoms with Crippen LogP contribution in [-0.2, 0) is 11.3 Å². The second-order valence-electron chi connectivity index (χ2n) is 5.75. The van der Waals surface area contributed by atoms with Crippen LogP contribution in [0.3, 0.4) is 0 Å². The molecule has 0 atom stereocenters. The second kappa shape index (κ2) is 7.23. The maximum atomic E-state index is 12.4. The quantitative estimate of drug-likeness (QED) is 0.843. The molecule has 6 nitrogen and oxygen atoms in total. The molecule has 2 N–H and O–H groups in total. The number of fused-ring (bicyclic) bond motifs is 1. The molecule has 1 amide bonds. The van der Waals surface area contributed by atoms with Crippen molar-refractivity contribution < 1.29 is 4.79 Å². The Labute approximate surface area is 142 Å². The fraction of sp³-hybridized carbons (Fsp3) is 0.438. The molecular weight excluding hydrogens is 360 g/mol. The van der Waals surface area contributed by atoms with Crippen LogP contribution in [0.4, 0.5) is 0 Å². The van der Waals surface area contributed by atoms with E-state index in [0.717, 1.165) is 30.4 Å². The molecule has 3 rings (SSSR count). The number of nitrogens with zero attached hydrogens (tertiary/aromatic N) is 2. The molecule has 7 heteroatoms. The third kappa shape index (κ3) is 3.97. The van der Waals surface area contributed by atoms with Crippen LogP contribution in [0, 0.1) is 0 Å². The van der Waals surface area contributed by atoms with Gasteiger partial charge >= 0.3 is 0 Å². The molecule has 1 aromatic heterocycles. The zero-order valence-corrected chi connectivity index (χ0v) is 14.3. The van der Waals surface area contributed by atoms with E-state index in [1.54, 1.807) is 12.1 Å². The van der Waals surface area contributed by atoms with Crippen molar-refractivity contribution in [2.24, 2.45) is 0 Å². The summed E-state index contributed by atoms with van der Waals surface area (Å²) in [6, 6.07) is 5.66. The van der Waals surface area contributed by atoms with Crippen molar-refractivity contribution in [2.45, 2.75) is 31.8 Å². The summed E-state index contributed by atoms with van der Waals surface area (Å²) in [5.41, 5.74) is 0.541. The van der Waals surface area contributed by atoms with Crippen LogP contribution in [0.25, 0.3) is 10.9 Å². The van der Waals surface area contributed by atoms with E-state index in [1.165, 1.54) is 10.9 Å². The van der Waals surface area contributed by atoms with Gasteiger partial charge in [-0.25, -0.2) is 4.98 Å². The third-order valence-corrected chi connectivity index (χ3v) is 4.56. The molecule has 23 heavy (non-hydrogen) atoms. The van der Waals surface area contributed by atoms with E-state index < -0.39 is 0 Å². The lowest BCUT2D eigenvalue weighted by molar-refractivity contribution is -0.122. The van der Waals surface area contributed by atoms with Crippen molar-refractivity contribution in [3.05, 3.63) is 39.4 Å². The lowest BCUT2D eigenvalue weighted by atomic mass is 10.1. The Morgan fingerprint density at radius 3 is 2.96 bits per heavy atom. The molecule has 0 spiro atoms. The van der Waals surface area contributed by atoms with Gasteiger partial charge in [-0.15, -0.1) is 0 Å². The Hall–Kier alpha value is -1.73. The second-order valence-corrected chi connectivity index (χ2v) is 6.66. The van der Waals surface area contributed by atoms with Crippen LogP contribution in [0.2, 0.25) is 0 Å². The zero-order chi connectivity index (χ0) is 16.2. The first kappa shape index (κ1) is 16.1. The first-order valence-corrected chi connectivity index (χ1v) is 8.57. The normalized spacial score (nSPS) is 15.7. The maximum Gasteiger partial charge on any atom is 0.261 e. The Kier molecular flexibility index (Phi) is 5.07. The Morgan fingerprint density at radius 2 is 2.17 bits per heavy atom. The topological polar surface area (TPSA) is 76.0 Å². The lowest BCUT2D eigenvalue weighted by Crippen LogP contribution is -2.43. The molecule has 1 fully saturated rings. The number of carbonyl (C=O) groups is 1. The van der Waals surface area contributed by atoms with E-state index in [2.05, 4.69) is 31.5 Å². The number of rotatable bonds is 4. The highest BCUT2D eigenvalue weighted by molar-refractivity contribution is 9.10. The number of carbonyl (C=O) groups excluding carboxylic acids is 1. The highest BCUT2D eigenvalue weighted by atomic mass is 79.9. The Bertz CT molecular complexity index is 768. The highest BCUT2D eigenvalue weighted by Crippen LogP contribution is 2.14. The molecule has 0 saturated carbocycles. The van der Waals surface area contributed by atoms with E-state index in [4.69, 9.17) is 0 Å². The summed E-state index contributed by atoms with van der Waals surface area (Å²) in [5.74, 6) is -0.0156. The third-order valence-electron chi connectivity index (χ3n) is 4.07. The summed E-state index contributed by atoms with van der Waals surface area (Å²) in [6.45, 7) is 2.22. The average Bonchev–Trinajstić information content (AvgIpc) is 2.56. The molecule has 0 unspecified atom stereocenters. The minimum Gasteiger partial charge on any atom is -0.353 e. The number of halogens is 1. The molecule has 0 radical (unpaired) electrons. The van der Waals surface area contributed by atoms with Gasteiger partial charge in [0, 0.05) is 23.5 Å². The average molecular weight is 379 g/mol. The van der Waals surface area contributed by atoms with Crippen molar-refractivity contribution in [2.75, 3.05) is 13.1 Å². The van der Waals surface area contributed by atoms with Gasteiger partial charge in [-0.3, -0.25) is 14.2 Å². The number of benzene rings is 1. The van der Waals surface area contributed by atoms with Gasteiger partial charge < -0.3 is 10.6 Å². The van der Waals surface area contributed by atoms with Crippen LogP contribution in [0.15, 0.2) is 33.8 Å². The van der Waals surface area contributed by atoms with Gasteiger partial charge in [-0.05, 0) is 44.1 Å². The van der Waals surface area contributed by atoms with Crippen molar-refractivity contribution in [1.29, 1.82) is 0 Å². The van der Waals surface area contributed by atoms with Crippen LogP contribution in [0.5, 0.6) is 0 Å². The monoisotopic (exact) mass is 378 g/mol. The number of nitrogens with one attached hydrogen (secondary N) is 2. The Balaban J connectivity index is 1.65. The molecular formula is C16H19BrN4O2. The van der Waals surface area contributed by atoms with E-state index in [1.807, 2.05) is 6.07 Å². The van der Waals surface area contributed by atoms with Crippen LogP contribution < -0.4 is 16.2 Å². The highest BCUT2D eigenvalue weighted by Gasteiger charge is 2.15. The number of hydrogen-bond donors (Lipinski definition) is 2. The van der Waals surface area contributed by atoms with Gasteiger partial charge in [-0.1, -0.05) is 15.9 Å². The van der Waals surface area contributed by atoms with Gasteiger partial charge in [0.25, 0.3) is 5.56 Å². The van der Waals surface area contributed by atoms with E-state index in [9.17, 15) is 9.59 Å². The van der Waals surface area contributed by atoms with Crippen molar-refractivity contribution in [3.63, 3.8) is 0 Å². The number of aryl methyl sites for hydroxylation is 1. The molecule has 0 bridgehead atoms. The fourth-order valence-corrected chi connectivity index (χ4v) is 3.14. The summed E-state index contributed by atoms with van der Waals surface area (Å²) in [7, 11) is 0. The minimum absolute atomic E-state index is 0.0156. The fourth-order valence-electron chi connectivity index (χ4n) is 2.78. The summed E-state index contributed by atoms with van der Waals surface area (Å²) in [6.07, 6.45) is 3.70. The minimum atomic E-state index is -0.119. The van der Waals surface area contributed by atoms with Gasteiger partial charge in [0.2, 0.25) is 5.91 Å². The van der Waals surface area contributed by atoms with E-state index in [-0.39, 0.29) is 23.9 Å². The number of amides is 1. The first-order valence-electron chi connectivity index (χ1n) is 7.78. The van der Waals surface area contributed by atoms with Crippen molar-refractivity contribution >= 4 is 32.7 Å². The SMILES string of the molecule is O=C(CCn1cnc2ccc(Br)cc2c1=O)NC1CCNCC1. The number of hydrogen-bond acceptors (Lipinski definition) is 4. The van der Waals surface area contributed by atoms with Gasteiger partial charge in [0.05, 0.1) is 17.2 Å². The van der Waals surface area contributed by atoms with E-state index >= 15 is 0 Å². The molecule has 122 valence electrons. The van der Waals surface area contributed by atoms with E-state index in [0.29, 0.717) is 17.4 Å². The number of aromatic nitrogens is 2. The van der Waals surface area contributed by atoms with Crippen LogP contribution in [0.1, 0.15) is 19.3 Å². The van der Waals surface area contributed by atoms with Crippen LogP contribution >= 0.6 is 15.9 Å². The van der Waals surface area contributed by atoms with Gasteiger partial charge in [-0.2, -0.15) is 0 Å². The molecule has 0 aliphatic carbocycles.